The minimum Gasteiger partial charge on any atom is -0.364 e. The SMILES string of the molecule is Cc1nc(C2CC3(C)CC2C3)c(Cl)cc1-c1cc(=O)c2c(C(N)=O)nccc2[nH]1. The van der Waals surface area contributed by atoms with Gasteiger partial charge in [-0.1, -0.05) is 18.5 Å². The molecule has 3 aromatic rings. The Morgan fingerprint density at radius 2 is 2.07 bits per heavy atom. The zero-order valence-electron chi connectivity index (χ0n) is 16.3. The summed E-state index contributed by atoms with van der Waals surface area (Å²) >= 11 is 6.66. The number of hydrogen-bond donors (Lipinski definition) is 2. The second kappa shape index (κ2) is 6.13. The maximum atomic E-state index is 12.7. The van der Waals surface area contributed by atoms with E-state index in [1.54, 1.807) is 6.07 Å². The Morgan fingerprint density at radius 3 is 2.72 bits per heavy atom. The molecule has 1 amide bonds. The van der Waals surface area contributed by atoms with Crippen molar-refractivity contribution in [2.75, 3.05) is 0 Å². The lowest BCUT2D eigenvalue weighted by Crippen LogP contribution is -2.24. The number of aromatic amines is 1. The second-order valence-corrected chi connectivity index (χ2v) is 9.18. The Balaban J connectivity index is 1.61. The molecule has 0 aromatic carbocycles. The summed E-state index contributed by atoms with van der Waals surface area (Å²) in [6, 6.07) is 4.99. The molecule has 3 N–H and O–H groups in total. The molecule has 3 fully saturated rings. The van der Waals surface area contributed by atoms with Crippen molar-refractivity contribution in [3.8, 4) is 11.3 Å². The van der Waals surface area contributed by atoms with E-state index in [2.05, 4.69) is 16.9 Å². The number of amides is 1. The van der Waals surface area contributed by atoms with E-state index in [4.69, 9.17) is 22.3 Å². The van der Waals surface area contributed by atoms with Crippen LogP contribution in [0.15, 0.2) is 29.2 Å². The second-order valence-electron chi connectivity index (χ2n) is 8.77. The Labute approximate surface area is 172 Å². The largest absolute Gasteiger partial charge is 0.364 e. The third-order valence-electron chi connectivity index (χ3n) is 6.60. The number of hydrogen-bond acceptors (Lipinski definition) is 4. The normalized spacial score (nSPS) is 25.2. The van der Waals surface area contributed by atoms with Crippen LogP contribution in [0.1, 0.15) is 54.0 Å². The van der Waals surface area contributed by atoms with E-state index in [0.29, 0.717) is 33.5 Å². The van der Waals surface area contributed by atoms with Crippen LogP contribution in [-0.4, -0.2) is 20.9 Å². The highest BCUT2D eigenvalue weighted by Gasteiger charge is 2.54. The van der Waals surface area contributed by atoms with Gasteiger partial charge in [0.2, 0.25) is 0 Å². The Bertz CT molecular complexity index is 1240. The quantitative estimate of drug-likeness (QED) is 0.684. The molecule has 0 spiro atoms. The van der Waals surface area contributed by atoms with Crippen molar-refractivity contribution in [2.24, 2.45) is 17.1 Å². The number of pyridine rings is 3. The van der Waals surface area contributed by atoms with Crippen LogP contribution < -0.4 is 11.2 Å². The molecular weight excluding hydrogens is 388 g/mol. The van der Waals surface area contributed by atoms with Gasteiger partial charge in [-0.05, 0) is 49.7 Å². The molecule has 29 heavy (non-hydrogen) atoms. The highest BCUT2D eigenvalue weighted by atomic mass is 35.5. The summed E-state index contributed by atoms with van der Waals surface area (Å²) in [5.41, 5.74) is 9.12. The lowest BCUT2D eigenvalue weighted by molar-refractivity contribution is 0.0997. The van der Waals surface area contributed by atoms with Crippen LogP contribution in [0.5, 0.6) is 0 Å². The minimum absolute atomic E-state index is 0.0350. The van der Waals surface area contributed by atoms with Gasteiger partial charge >= 0.3 is 0 Å². The molecule has 0 saturated heterocycles. The molecule has 3 aliphatic rings. The van der Waals surface area contributed by atoms with E-state index in [0.717, 1.165) is 23.4 Å². The Kier molecular flexibility index (Phi) is 3.87. The van der Waals surface area contributed by atoms with Crippen LogP contribution in [-0.2, 0) is 0 Å². The Hall–Kier alpha value is -2.73. The van der Waals surface area contributed by atoms with Crippen LogP contribution in [0.3, 0.4) is 0 Å². The molecule has 6 rings (SSSR count). The van der Waals surface area contributed by atoms with Gasteiger partial charge < -0.3 is 10.7 Å². The van der Waals surface area contributed by atoms with E-state index in [-0.39, 0.29) is 16.5 Å². The predicted octanol–water partition coefficient (Wildman–Crippen LogP) is 3.95. The van der Waals surface area contributed by atoms with E-state index in [1.807, 2.05) is 13.0 Å². The molecule has 0 aliphatic heterocycles. The van der Waals surface area contributed by atoms with Crippen LogP contribution in [0.25, 0.3) is 22.2 Å². The van der Waals surface area contributed by atoms with Crippen LogP contribution >= 0.6 is 11.6 Å². The number of aryl methyl sites for hydroxylation is 1. The van der Waals surface area contributed by atoms with Gasteiger partial charge in [0.1, 0.15) is 5.69 Å². The third-order valence-corrected chi connectivity index (χ3v) is 6.91. The van der Waals surface area contributed by atoms with Crippen molar-refractivity contribution in [2.45, 2.75) is 39.0 Å². The molecule has 6 nitrogen and oxygen atoms in total. The van der Waals surface area contributed by atoms with Crippen molar-refractivity contribution in [1.29, 1.82) is 0 Å². The number of carbonyl (C=O) groups excluding carboxylic acids is 1. The lowest BCUT2D eigenvalue weighted by atomic mass is 9.71. The van der Waals surface area contributed by atoms with Gasteiger partial charge in [-0.25, -0.2) is 0 Å². The van der Waals surface area contributed by atoms with Gasteiger partial charge in [-0.15, -0.1) is 0 Å². The van der Waals surface area contributed by atoms with Crippen LogP contribution in [0, 0.1) is 18.3 Å². The van der Waals surface area contributed by atoms with E-state index in [9.17, 15) is 9.59 Å². The lowest BCUT2D eigenvalue weighted by Gasteiger charge is -2.34. The van der Waals surface area contributed by atoms with Crippen molar-refractivity contribution in [3.63, 3.8) is 0 Å². The van der Waals surface area contributed by atoms with E-state index >= 15 is 0 Å². The van der Waals surface area contributed by atoms with Crippen molar-refractivity contribution in [1.82, 2.24) is 15.0 Å². The molecule has 3 aliphatic carbocycles. The highest BCUT2D eigenvalue weighted by molar-refractivity contribution is 6.31. The monoisotopic (exact) mass is 408 g/mol. The zero-order chi connectivity index (χ0) is 20.5. The fraction of sp³-hybridized carbons (Fsp3) is 0.364. The molecule has 148 valence electrons. The van der Waals surface area contributed by atoms with Gasteiger partial charge in [0, 0.05) is 29.4 Å². The molecule has 0 radical (unpaired) electrons. The van der Waals surface area contributed by atoms with E-state index < -0.39 is 5.91 Å². The molecule has 3 saturated carbocycles. The average Bonchev–Trinajstić information content (AvgIpc) is 3.15. The minimum atomic E-state index is -0.734. The smallest absolute Gasteiger partial charge is 0.268 e. The van der Waals surface area contributed by atoms with Crippen molar-refractivity contribution < 1.29 is 4.79 Å². The van der Waals surface area contributed by atoms with E-state index in [1.165, 1.54) is 25.1 Å². The van der Waals surface area contributed by atoms with Crippen molar-refractivity contribution in [3.05, 3.63) is 56.7 Å². The van der Waals surface area contributed by atoms with Gasteiger partial charge in [-0.3, -0.25) is 19.6 Å². The van der Waals surface area contributed by atoms with Crippen LogP contribution in [0.2, 0.25) is 5.02 Å². The number of fused-ring (bicyclic) bond motifs is 2. The summed E-state index contributed by atoms with van der Waals surface area (Å²) in [6.07, 6.45) is 5.10. The topological polar surface area (TPSA) is 102 Å². The van der Waals surface area contributed by atoms with Gasteiger partial charge in [0.25, 0.3) is 5.91 Å². The number of nitrogens with zero attached hydrogens (tertiary/aromatic N) is 2. The highest BCUT2D eigenvalue weighted by Crippen LogP contribution is 2.65. The number of halogens is 1. The maximum absolute atomic E-state index is 12.7. The number of nitrogens with one attached hydrogen (secondary N) is 1. The first-order chi connectivity index (χ1) is 13.8. The summed E-state index contributed by atoms with van der Waals surface area (Å²) in [5.74, 6) is 0.360. The molecule has 3 heterocycles. The predicted molar refractivity (Wildman–Crippen MR) is 112 cm³/mol. The first-order valence-corrected chi connectivity index (χ1v) is 10.1. The summed E-state index contributed by atoms with van der Waals surface area (Å²) in [7, 11) is 0. The van der Waals surface area contributed by atoms with Gasteiger partial charge in [0.05, 0.1) is 27.3 Å². The number of carbonyl (C=O) groups is 1. The molecular formula is C22H21ClN4O2. The Morgan fingerprint density at radius 1 is 1.31 bits per heavy atom. The molecule has 2 bridgehead atoms. The maximum Gasteiger partial charge on any atom is 0.268 e. The summed E-state index contributed by atoms with van der Waals surface area (Å²) in [4.78, 5) is 36.4. The number of nitrogens with two attached hydrogens (primary N) is 1. The number of primary amides is 1. The fourth-order valence-corrected chi connectivity index (χ4v) is 5.63. The third kappa shape index (κ3) is 2.77. The fourth-order valence-electron chi connectivity index (χ4n) is 5.34. The number of rotatable bonds is 3. The number of H-pyrrole nitrogens is 1. The molecule has 1 atom stereocenters. The summed E-state index contributed by atoms with van der Waals surface area (Å²) in [6.45, 7) is 4.27. The molecule has 1 unspecified atom stereocenters. The first kappa shape index (κ1) is 18.3. The zero-order valence-corrected chi connectivity index (χ0v) is 17.0. The first-order valence-electron chi connectivity index (χ1n) is 9.75. The van der Waals surface area contributed by atoms with Gasteiger partial charge in [0.15, 0.2) is 5.43 Å². The summed E-state index contributed by atoms with van der Waals surface area (Å²) < 4.78 is 0. The molecule has 3 aromatic heterocycles. The van der Waals surface area contributed by atoms with Crippen LogP contribution in [0.4, 0.5) is 0 Å². The average molecular weight is 409 g/mol. The molecule has 7 heteroatoms. The summed E-state index contributed by atoms with van der Waals surface area (Å²) in [5, 5.41) is 0.830. The van der Waals surface area contributed by atoms with Gasteiger partial charge in [-0.2, -0.15) is 0 Å². The number of aromatic nitrogens is 3. The standard InChI is InChI=1S/C22H21ClN4O2/c1-10-12(5-14(23)19(26-10)13-9-22(2)7-11(13)8-22)16-6-17(28)18-15(27-16)3-4-25-20(18)21(24)29/h3-6,11,13H,7-9H2,1-2H3,(H2,24,29)(H,27,28). The van der Waals surface area contributed by atoms with Crippen molar-refractivity contribution >= 4 is 28.4 Å².